The minimum atomic E-state index is 0. The second-order valence-electron chi connectivity index (χ2n) is 6.17. The molecule has 3 rings (SSSR count). The molecule has 8 heteroatoms. The summed E-state index contributed by atoms with van der Waals surface area (Å²) in [5, 5.41) is 6.56. The van der Waals surface area contributed by atoms with Gasteiger partial charge in [0, 0.05) is 26.8 Å². The predicted octanol–water partition coefficient (Wildman–Crippen LogP) is 2.56. The van der Waals surface area contributed by atoms with Crippen molar-refractivity contribution in [2.24, 2.45) is 4.99 Å². The van der Waals surface area contributed by atoms with E-state index in [4.69, 9.17) is 9.47 Å². The molecule has 2 aromatic rings. The molecule has 1 saturated heterocycles. The fraction of sp³-hybridized carbons (Fsp3) is 0.474. The molecule has 1 aromatic heterocycles. The van der Waals surface area contributed by atoms with Crippen molar-refractivity contribution in [2.45, 2.75) is 25.5 Å². The maximum absolute atomic E-state index is 5.75. The first-order valence-electron chi connectivity index (χ1n) is 9.08. The number of aromatic amines is 1. The molecule has 0 radical (unpaired) electrons. The Hall–Kier alpha value is -1.65. The van der Waals surface area contributed by atoms with Gasteiger partial charge in [-0.25, -0.2) is 4.98 Å². The molecule has 1 aromatic carbocycles. The number of ether oxygens (including phenoxy) is 2. The first-order chi connectivity index (χ1) is 12.8. The molecular formula is C19H28IN5O2. The van der Waals surface area contributed by atoms with Gasteiger partial charge in [0.2, 0.25) is 0 Å². The number of guanidine groups is 1. The topological polar surface area (TPSA) is 83.6 Å². The SMILES string of the molecule is CN=C(NCCCOC1CCOC1)NCc1ncc(-c2ccccc2)[nH]1.I. The van der Waals surface area contributed by atoms with Crippen LogP contribution in [-0.4, -0.2) is 55.4 Å². The zero-order valence-electron chi connectivity index (χ0n) is 15.6. The number of halogens is 1. The third kappa shape index (κ3) is 7.11. The van der Waals surface area contributed by atoms with E-state index in [0.29, 0.717) is 6.54 Å². The highest BCUT2D eigenvalue weighted by Crippen LogP contribution is 2.15. The van der Waals surface area contributed by atoms with E-state index in [0.717, 1.165) is 62.2 Å². The highest BCUT2D eigenvalue weighted by molar-refractivity contribution is 14.0. The first-order valence-corrected chi connectivity index (χ1v) is 9.08. The van der Waals surface area contributed by atoms with Gasteiger partial charge in [-0.2, -0.15) is 0 Å². The van der Waals surface area contributed by atoms with Gasteiger partial charge in [-0.05, 0) is 18.4 Å². The molecule has 1 aliphatic heterocycles. The van der Waals surface area contributed by atoms with Crippen LogP contribution in [0.4, 0.5) is 0 Å². The first kappa shape index (κ1) is 21.6. The number of nitrogens with one attached hydrogen (secondary N) is 3. The lowest BCUT2D eigenvalue weighted by Gasteiger charge is -2.12. The van der Waals surface area contributed by atoms with Gasteiger partial charge in [0.1, 0.15) is 5.82 Å². The zero-order valence-corrected chi connectivity index (χ0v) is 17.9. The predicted molar refractivity (Wildman–Crippen MR) is 117 cm³/mol. The molecule has 3 N–H and O–H groups in total. The van der Waals surface area contributed by atoms with Gasteiger partial charge >= 0.3 is 0 Å². The summed E-state index contributed by atoms with van der Waals surface area (Å²) in [6.45, 7) is 3.67. The van der Waals surface area contributed by atoms with Crippen molar-refractivity contribution >= 4 is 29.9 Å². The fourth-order valence-electron chi connectivity index (χ4n) is 2.78. The van der Waals surface area contributed by atoms with Gasteiger partial charge in [-0.15, -0.1) is 24.0 Å². The minimum Gasteiger partial charge on any atom is -0.379 e. The van der Waals surface area contributed by atoms with E-state index in [-0.39, 0.29) is 30.1 Å². The van der Waals surface area contributed by atoms with Gasteiger partial charge in [-0.1, -0.05) is 30.3 Å². The summed E-state index contributed by atoms with van der Waals surface area (Å²) in [5.74, 6) is 1.63. The van der Waals surface area contributed by atoms with Crippen LogP contribution in [0.25, 0.3) is 11.3 Å². The Morgan fingerprint density at radius 3 is 2.93 bits per heavy atom. The maximum atomic E-state index is 5.75. The second-order valence-corrected chi connectivity index (χ2v) is 6.17. The summed E-state index contributed by atoms with van der Waals surface area (Å²) in [7, 11) is 1.76. The minimum absolute atomic E-state index is 0. The van der Waals surface area contributed by atoms with Crippen LogP contribution in [-0.2, 0) is 16.0 Å². The Bertz CT molecular complexity index is 686. The van der Waals surface area contributed by atoms with E-state index >= 15 is 0 Å². The molecule has 1 unspecified atom stereocenters. The van der Waals surface area contributed by atoms with E-state index in [2.05, 4.69) is 37.7 Å². The monoisotopic (exact) mass is 485 g/mol. The van der Waals surface area contributed by atoms with E-state index in [1.807, 2.05) is 24.4 Å². The normalized spacial score (nSPS) is 16.8. The number of benzene rings is 1. The number of nitrogens with zero attached hydrogens (tertiary/aromatic N) is 2. The van der Waals surface area contributed by atoms with Gasteiger partial charge in [0.05, 0.1) is 31.1 Å². The highest BCUT2D eigenvalue weighted by Gasteiger charge is 2.15. The summed E-state index contributed by atoms with van der Waals surface area (Å²) in [4.78, 5) is 12.0. The molecule has 0 aliphatic carbocycles. The van der Waals surface area contributed by atoms with Crippen molar-refractivity contribution < 1.29 is 9.47 Å². The van der Waals surface area contributed by atoms with Crippen LogP contribution >= 0.6 is 24.0 Å². The third-order valence-corrected chi connectivity index (χ3v) is 4.22. The second kappa shape index (κ2) is 11.9. The average molecular weight is 485 g/mol. The van der Waals surface area contributed by atoms with E-state index < -0.39 is 0 Å². The highest BCUT2D eigenvalue weighted by atomic mass is 127. The van der Waals surface area contributed by atoms with Crippen LogP contribution in [0.1, 0.15) is 18.7 Å². The van der Waals surface area contributed by atoms with Crippen LogP contribution in [0.3, 0.4) is 0 Å². The number of hydrogen-bond acceptors (Lipinski definition) is 4. The molecule has 148 valence electrons. The van der Waals surface area contributed by atoms with Crippen LogP contribution in [0.5, 0.6) is 0 Å². The van der Waals surface area contributed by atoms with Crippen molar-refractivity contribution in [3.05, 3.63) is 42.4 Å². The molecule has 1 atom stereocenters. The van der Waals surface area contributed by atoms with Gasteiger partial charge in [0.25, 0.3) is 0 Å². The standard InChI is InChI=1S/C19H27N5O2.HI/c1-20-19(21-9-5-10-26-16-8-11-25-14-16)23-13-18-22-12-17(24-18)15-6-3-2-4-7-15;/h2-4,6-7,12,16H,5,8-11,13-14H2,1H3,(H,22,24)(H2,20,21,23);1H. The molecule has 2 heterocycles. The Morgan fingerprint density at radius 2 is 2.19 bits per heavy atom. The molecule has 1 fully saturated rings. The number of imidazole rings is 1. The lowest BCUT2D eigenvalue weighted by atomic mass is 10.2. The number of aliphatic imine (C=N–C) groups is 1. The smallest absolute Gasteiger partial charge is 0.191 e. The fourth-order valence-corrected chi connectivity index (χ4v) is 2.78. The molecule has 27 heavy (non-hydrogen) atoms. The molecule has 7 nitrogen and oxygen atoms in total. The quantitative estimate of drug-likeness (QED) is 0.232. The van der Waals surface area contributed by atoms with Crippen molar-refractivity contribution in [2.75, 3.05) is 33.4 Å². The Labute approximate surface area is 177 Å². The third-order valence-electron chi connectivity index (χ3n) is 4.22. The average Bonchev–Trinajstić information content (AvgIpc) is 3.36. The Balaban J connectivity index is 0.00000261. The van der Waals surface area contributed by atoms with Gasteiger partial charge in [0.15, 0.2) is 5.96 Å². The molecule has 0 spiro atoms. The number of hydrogen-bond donors (Lipinski definition) is 3. The van der Waals surface area contributed by atoms with Gasteiger partial charge < -0.3 is 25.1 Å². The van der Waals surface area contributed by atoms with Crippen molar-refractivity contribution in [1.29, 1.82) is 0 Å². The molecule has 0 amide bonds. The molecule has 0 saturated carbocycles. The van der Waals surface area contributed by atoms with Crippen LogP contribution in [0.2, 0.25) is 0 Å². The number of H-pyrrole nitrogens is 1. The summed E-state index contributed by atoms with van der Waals surface area (Å²) in [6.07, 6.45) is 4.05. The molecular weight excluding hydrogens is 457 g/mol. The number of aromatic nitrogens is 2. The van der Waals surface area contributed by atoms with Crippen molar-refractivity contribution in [1.82, 2.24) is 20.6 Å². The van der Waals surface area contributed by atoms with E-state index in [1.165, 1.54) is 0 Å². The summed E-state index contributed by atoms with van der Waals surface area (Å²) in [6, 6.07) is 10.2. The van der Waals surface area contributed by atoms with E-state index in [1.54, 1.807) is 7.05 Å². The van der Waals surface area contributed by atoms with Crippen LogP contribution < -0.4 is 10.6 Å². The summed E-state index contributed by atoms with van der Waals surface area (Å²) in [5.41, 5.74) is 2.14. The summed E-state index contributed by atoms with van der Waals surface area (Å²) >= 11 is 0. The van der Waals surface area contributed by atoms with Gasteiger partial charge in [-0.3, -0.25) is 4.99 Å². The molecule has 0 bridgehead atoms. The molecule has 1 aliphatic rings. The Morgan fingerprint density at radius 1 is 1.33 bits per heavy atom. The largest absolute Gasteiger partial charge is 0.379 e. The van der Waals surface area contributed by atoms with Crippen LogP contribution in [0.15, 0.2) is 41.5 Å². The number of rotatable bonds is 8. The lowest BCUT2D eigenvalue weighted by molar-refractivity contribution is 0.0420. The lowest BCUT2D eigenvalue weighted by Crippen LogP contribution is -2.37. The zero-order chi connectivity index (χ0) is 18.0. The maximum Gasteiger partial charge on any atom is 0.191 e. The Kier molecular flexibility index (Phi) is 9.57. The van der Waals surface area contributed by atoms with E-state index in [9.17, 15) is 0 Å². The summed E-state index contributed by atoms with van der Waals surface area (Å²) < 4.78 is 11.0. The van der Waals surface area contributed by atoms with Crippen LogP contribution in [0, 0.1) is 0 Å². The van der Waals surface area contributed by atoms with Crippen molar-refractivity contribution in [3.8, 4) is 11.3 Å². The van der Waals surface area contributed by atoms with Crippen molar-refractivity contribution in [3.63, 3.8) is 0 Å².